The topological polar surface area (TPSA) is 69.6 Å². The van der Waals surface area contributed by atoms with Crippen LogP contribution in [0.1, 0.15) is 50.7 Å². The highest BCUT2D eigenvalue weighted by molar-refractivity contribution is 7.99. The number of halogens is 2. The normalized spacial score (nSPS) is 12.3. The maximum Gasteiger partial charge on any atom is 0.325 e. The van der Waals surface area contributed by atoms with E-state index in [0.717, 1.165) is 36.1 Å². The van der Waals surface area contributed by atoms with Crippen molar-refractivity contribution in [2.24, 2.45) is 0 Å². The van der Waals surface area contributed by atoms with Crippen molar-refractivity contribution in [3.05, 3.63) is 65.2 Å². The molecule has 2 aromatic carbocycles. The molecule has 0 saturated carbocycles. The summed E-state index contributed by atoms with van der Waals surface area (Å²) in [5.41, 5.74) is 1.30. The molecule has 0 unspecified atom stereocenters. The molecule has 3 N–H and O–H groups in total. The van der Waals surface area contributed by atoms with Crippen LogP contribution in [0.2, 0.25) is 0 Å². The predicted octanol–water partition coefficient (Wildman–Crippen LogP) is 5.86. The fourth-order valence-corrected chi connectivity index (χ4v) is 4.91. The highest BCUT2D eigenvalue weighted by atomic mass is 32.2. The number of benzene rings is 2. The Morgan fingerprint density at radius 2 is 1.77 bits per heavy atom. The lowest BCUT2D eigenvalue weighted by molar-refractivity contribution is 0.371. The lowest BCUT2D eigenvalue weighted by Crippen LogP contribution is -2.18. The zero-order chi connectivity index (χ0) is 22.9. The molecule has 8 heteroatoms. The van der Waals surface area contributed by atoms with Gasteiger partial charge in [0.15, 0.2) is 0 Å². The molecule has 0 aromatic heterocycles. The van der Waals surface area contributed by atoms with Crippen LogP contribution >= 0.6 is 19.4 Å². The van der Waals surface area contributed by atoms with E-state index in [2.05, 4.69) is 19.2 Å². The summed E-state index contributed by atoms with van der Waals surface area (Å²) in [6.07, 6.45) is 2.94. The third kappa shape index (κ3) is 9.42. The lowest BCUT2D eigenvalue weighted by Gasteiger charge is -2.25. The SMILES string of the molecule is CC(C)(CCCCSc1ccc(CNCCCP(=O)(O)O)cc1F)c1ccccc1F. The van der Waals surface area contributed by atoms with Crippen LogP contribution in [-0.2, 0) is 16.5 Å². The van der Waals surface area contributed by atoms with Gasteiger partial charge in [0.25, 0.3) is 0 Å². The van der Waals surface area contributed by atoms with Gasteiger partial charge >= 0.3 is 7.60 Å². The molecule has 0 spiro atoms. The molecular weight excluding hydrogens is 439 g/mol. The summed E-state index contributed by atoms with van der Waals surface area (Å²) in [7, 11) is -3.96. The van der Waals surface area contributed by atoms with Crippen molar-refractivity contribution >= 4 is 19.4 Å². The number of hydrogen-bond donors (Lipinski definition) is 3. The molecule has 0 saturated heterocycles. The number of hydrogen-bond acceptors (Lipinski definition) is 3. The number of unbranched alkanes of at least 4 members (excludes halogenated alkanes) is 1. The van der Waals surface area contributed by atoms with Gasteiger partial charge in [-0.1, -0.05) is 44.5 Å². The smallest absolute Gasteiger partial charge is 0.324 e. The molecule has 31 heavy (non-hydrogen) atoms. The van der Waals surface area contributed by atoms with Crippen molar-refractivity contribution in [1.29, 1.82) is 0 Å². The quantitative estimate of drug-likeness (QED) is 0.194. The van der Waals surface area contributed by atoms with Gasteiger partial charge in [0.05, 0.1) is 6.16 Å². The van der Waals surface area contributed by atoms with E-state index in [0.29, 0.717) is 24.4 Å². The Kier molecular flexibility index (Phi) is 10.2. The van der Waals surface area contributed by atoms with E-state index < -0.39 is 7.60 Å². The number of nitrogens with one attached hydrogen (secondary N) is 1. The van der Waals surface area contributed by atoms with Crippen molar-refractivity contribution in [3.63, 3.8) is 0 Å². The van der Waals surface area contributed by atoms with Crippen LogP contribution in [-0.4, -0.2) is 28.2 Å². The molecule has 2 aromatic rings. The van der Waals surface area contributed by atoms with Crippen LogP contribution in [0.3, 0.4) is 0 Å². The minimum atomic E-state index is -3.96. The largest absolute Gasteiger partial charge is 0.325 e. The zero-order valence-corrected chi connectivity index (χ0v) is 19.8. The molecular formula is C23H32F2NO3PS. The van der Waals surface area contributed by atoms with Gasteiger partial charge in [0.2, 0.25) is 0 Å². The number of rotatable bonds is 13. The van der Waals surface area contributed by atoms with Crippen molar-refractivity contribution in [3.8, 4) is 0 Å². The molecule has 0 atom stereocenters. The van der Waals surface area contributed by atoms with Gasteiger partial charge in [-0.05, 0) is 66.3 Å². The third-order valence-corrected chi connectivity index (χ3v) is 7.22. The maximum absolute atomic E-state index is 14.4. The Morgan fingerprint density at radius 3 is 2.45 bits per heavy atom. The van der Waals surface area contributed by atoms with Crippen LogP contribution in [0, 0.1) is 11.6 Å². The highest BCUT2D eigenvalue weighted by Gasteiger charge is 2.23. The van der Waals surface area contributed by atoms with Gasteiger partial charge in [0, 0.05) is 11.4 Å². The molecule has 4 nitrogen and oxygen atoms in total. The van der Waals surface area contributed by atoms with Gasteiger partial charge < -0.3 is 15.1 Å². The Labute approximate surface area is 188 Å². The molecule has 0 aliphatic heterocycles. The van der Waals surface area contributed by atoms with Gasteiger partial charge in [-0.15, -0.1) is 11.8 Å². The van der Waals surface area contributed by atoms with E-state index in [-0.39, 0.29) is 23.2 Å². The predicted molar refractivity (Wildman–Crippen MR) is 124 cm³/mol. The summed E-state index contributed by atoms with van der Waals surface area (Å²) in [5.74, 6) is 0.371. The summed E-state index contributed by atoms with van der Waals surface area (Å²) in [6, 6.07) is 12.0. The second kappa shape index (κ2) is 12.1. The monoisotopic (exact) mass is 471 g/mol. The van der Waals surface area contributed by atoms with E-state index in [1.54, 1.807) is 12.1 Å². The van der Waals surface area contributed by atoms with Gasteiger partial charge in [-0.2, -0.15) is 0 Å². The van der Waals surface area contributed by atoms with Crippen LogP contribution in [0.15, 0.2) is 47.4 Å². The first kappa shape index (κ1) is 26.0. The average molecular weight is 472 g/mol. The Balaban J connectivity index is 1.70. The van der Waals surface area contributed by atoms with Crippen molar-refractivity contribution < 1.29 is 23.1 Å². The van der Waals surface area contributed by atoms with Crippen LogP contribution in [0.4, 0.5) is 8.78 Å². The molecule has 0 radical (unpaired) electrons. The summed E-state index contributed by atoms with van der Waals surface area (Å²) in [6.45, 7) is 5.02. The van der Waals surface area contributed by atoms with Crippen LogP contribution < -0.4 is 5.32 Å². The van der Waals surface area contributed by atoms with E-state index >= 15 is 0 Å². The molecule has 0 amide bonds. The van der Waals surface area contributed by atoms with Crippen molar-refractivity contribution in [1.82, 2.24) is 5.32 Å². The fourth-order valence-electron chi connectivity index (χ4n) is 3.41. The van der Waals surface area contributed by atoms with Gasteiger partial charge in [-0.3, -0.25) is 4.57 Å². The average Bonchev–Trinajstić information content (AvgIpc) is 2.68. The summed E-state index contributed by atoms with van der Waals surface area (Å²) >= 11 is 1.48. The molecule has 0 heterocycles. The van der Waals surface area contributed by atoms with Crippen LogP contribution in [0.25, 0.3) is 0 Å². The summed E-state index contributed by atoms with van der Waals surface area (Å²) in [5, 5.41) is 3.07. The third-order valence-electron chi connectivity index (χ3n) is 5.19. The first-order chi connectivity index (χ1) is 14.6. The van der Waals surface area contributed by atoms with Gasteiger partial charge in [-0.25, -0.2) is 8.78 Å². The molecule has 0 bridgehead atoms. The Hall–Kier alpha value is -1.24. The van der Waals surface area contributed by atoms with E-state index in [9.17, 15) is 13.3 Å². The fraction of sp³-hybridized carbons (Fsp3) is 0.478. The first-order valence-electron chi connectivity index (χ1n) is 10.5. The molecule has 0 aliphatic rings. The minimum absolute atomic E-state index is 0.151. The Morgan fingerprint density at radius 1 is 1.03 bits per heavy atom. The standard InChI is InChI=1S/C23H32F2NO3PS/c1-23(2,19-8-3-4-9-20(19)24)12-5-6-15-31-22-11-10-18(16-21(22)25)17-26-13-7-14-30(27,28)29/h3-4,8-11,16,26H,5-7,12-15,17H2,1-2H3,(H2,27,28,29). The molecule has 2 rings (SSSR count). The van der Waals surface area contributed by atoms with E-state index in [1.165, 1.54) is 23.9 Å². The number of thioether (sulfide) groups is 1. The maximum atomic E-state index is 14.4. The minimum Gasteiger partial charge on any atom is -0.324 e. The second-order valence-electron chi connectivity index (χ2n) is 8.35. The van der Waals surface area contributed by atoms with Crippen LogP contribution in [0.5, 0.6) is 0 Å². The summed E-state index contributed by atoms with van der Waals surface area (Å²) < 4.78 is 39.2. The van der Waals surface area contributed by atoms with E-state index in [4.69, 9.17) is 9.79 Å². The second-order valence-corrected chi connectivity index (χ2v) is 11.3. The lowest BCUT2D eigenvalue weighted by atomic mass is 9.80. The highest BCUT2D eigenvalue weighted by Crippen LogP contribution is 2.34. The zero-order valence-electron chi connectivity index (χ0n) is 18.1. The van der Waals surface area contributed by atoms with E-state index in [1.807, 2.05) is 18.2 Å². The summed E-state index contributed by atoms with van der Waals surface area (Å²) in [4.78, 5) is 18.3. The van der Waals surface area contributed by atoms with Crippen molar-refractivity contribution in [2.45, 2.75) is 56.4 Å². The molecule has 0 aliphatic carbocycles. The molecule has 172 valence electrons. The first-order valence-corrected chi connectivity index (χ1v) is 13.3. The van der Waals surface area contributed by atoms with Crippen molar-refractivity contribution in [2.75, 3.05) is 18.5 Å². The Bertz CT molecular complexity index is 889. The van der Waals surface area contributed by atoms with Gasteiger partial charge in [0.1, 0.15) is 11.6 Å². The molecule has 0 fully saturated rings.